The molecule has 0 amide bonds. The molecule has 33 heavy (non-hydrogen) atoms. The van der Waals surface area contributed by atoms with Crippen LogP contribution in [-0.2, 0) is 7.05 Å². The van der Waals surface area contributed by atoms with Crippen molar-refractivity contribution in [2.24, 2.45) is 18.9 Å². The third-order valence-electron chi connectivity index (χ3n) is 6.80. The summed E-state index contributed by atoms with van der Waals surface area (Å²) in [6.45, 7) is 6.73. The monoisotopic (exact) mass is 479 g/mol. The van der Waals surface area contributed by atoms with Gasteiger partial charge in [0.25, 0.3) is 0 Å². The van der Waals surface area contributed by atoms with E-state index in [4.69, 9.17) is 23.8 Å². The summed E-state index contributed by atoms with van der Waals surface area (Å²) >= 11 is 12.7. The number of nitrogens with zero attached hydrogens (tertiary/aromatic N) is 4. The van der Waals surface area contributed by atoms with Crippen molar-refractivity contribution in [1.82, 2.24) is 14.9 Å². The predicted molar refractivity (Wildman–Crippen MR) is 140 cm³/mol. The maximum Gasteiger partial charge on any atom is 0.174 e. The average Bonchev–Trinajstić information content (AvgIpc) is 3.35. The number of rotatable bonds is 4. The van der Waals surface area contributed by atoms with E-state index in [2.05, 4.69) is 88.2 Å². The molecule has 0 bridgehead atoms. The lowest BCUT2D eigenvalue weighted by Gasteiger charge is -2.37. The van der Waals surface area contributed by atoms with E-state index in [0.717, 1.165) is 40.9 Å². The van der Waals surface area contributed by atoms with Crippen LogP contribution in [-0.4, -0.2) is 27.8 Å². The summed E-state index contributed by atoms with van der Waals surface area (Å²) in [5, 5.41) is 4.97. The summed E-state index contributed by atoms with van der Waals surface area (Å²) in [7, 11) is 2.07. The van der Waals surface area contributed by atoms with Crippen molar-refractivity contribution in [2.45, 2.75) is 32.4 Å². The molecule has 4 heterocycles. The van der Waals surface area contributed by atoms with Gasteiger partial charge in [-0.05, 0) is 72.9 Å². The third kappa shape index (κ3) is 4.22. The summed E-state index contributed by atoms with van der Waals surface area (Å²) < 4.78 is 2.15. The third-order valence-corrected chi connectivity index (χ3v) is 7.42. The van der Waals surface area contributed by atoms with E-state index >= 15 is 0 Å². The number of aryl methyl sites for hydroxylation is 1. The molecule has 0 radical (unpaired) electrons. The Morgan fingerprint density at radius 1 is 1.06 bits per heavy atom. The molecule has 3 aromatic rings. The first-order valence-corrected chi connectivity index (χ1v) is 12.4. The summed E-state index contributed by atoms with van der Waals surface area (Å²) in [6, 6.07) is 16.5. The first-order valence-electron chi connectivity index (χ1n) is 11.6. The fourth-order valence-corrected chi connectivity index (χ4v) is 6.12. The molecule has 5 rings (SSSR count). The molecule has 2 aromatic heterocycles. The van der Waals surface area contributed by atoms with Crippen LogP contribution in [0.2, 0.25) is 5.02 Å². The quantitative estimate of drug-likeness (QED) is 0.483. The zero-order valence-corrected chi connectivity index (χ0v) is 20.9. The van der Waals surface area contributed by atoms with Crippen LogP contribution in [0.3, 0.4) is 0 Å². The molecule has 0 spiro atoms. The van der Waals surface area contributed by atoms with Crippen LogP contribution in [0.4, 0.5) is 11.4 Å². The van der Waals surface area contributed by atoms with Crippen molar-refractivity contribution in [3.63, 3.8) is 0 Å². The second-order valence-corrected chi connectivity index (χ2v) is 10.3. The molecule has 2 fully saturated rings. The van der Waals surface area contributed by atoms with Gasteiger partial charge in [-0.1, -0.05) is 31.5 Å². The number of pyridine rings is 1. The Labute approximate surface area is 206 Å². The molecule has 1 aromatic carbocycles. The van der Waals surface area contributed by atoms with Crippen LogP contribution in [0.25, 0.3) is 0 Å². The number of anilines is 2. The molecule has 4 atom stereocenters. The van der Waals surface area contributed by atoms with Gasteiger partial charge in [0.2, 0.25) is 0 Å². The van der Waals surface area contributed by atoms with Crippen molar-refractivity contribution in [1.29, 1.82) is 0 Å². The van der Waals surface area contributed by atoms with Crippen LogP contribution >= 0.6 is 23.8 Å². The second kappa shape index (κ2) is 8.99. The topological polar surface area (TPSA) is 36.3 Å². The summed E-state index contributed by atoms with van der Waals surface area (Å²) in [6.07, 6.45) is 5.17. The van der Waals surface area contributed by atoms with Gasteiger partial charge in [-0.25, -0.2) is 0 Å². The van der Waals surface area contributed by atoms with E-state index in [1.807, 2.05) is 18.3 Å². The molecule has 172 valence electrons. The van der Waals surface area contributed by atoms with Crippen molar-refractivity contribution < 1.29 is 0 Å². The number of benzene rings is 1. The maximum atomic E-state index is 6.89. The van der Waals surface area contributed by atoms with Gasteiger partial charge in [0, 0.05) is 43.9 Å². The maximum absolute atomic E-state index is 6.89. The molecule has 1 N–H and O–H groups in total. The number of halogens is 1. The largest absolute Gasteiger partial charge is 0.370 e. The smallest absolute Gasteiger partial charge is 0.174 e. The number of aromatic nitrogens is 2. The summed E-state index contributed by atoms with van der Waals surface area (Å²) in [5.41, 5.74) is 4.22. The van der Waals surface area contributed by atoms with Gasteiger partial charge in [-0.2, -0.15) is 0 Å². The Hall–Kier alpha value is -2.57. The van der Waals surface area contributed by atoms with Crippen molar-refractivity contribution >= 4 is 40.3 Å². The summed E-state index contributed by atoms with van der Waals surface area (Å²) in [4.78, 5) is 9.24. The summed E-state index contributed by atoms with van der Waals surface area (Å²) in [5.74, 6) is 1.33. The minimum absolute atomic E-state index is 0.0376. The fraction of sp³-hybridized carbons (Fsp3) is 0.385. The number of hydrogen-bond acceptors (Lipinski definition) is 3. The standard InChI is InChI=1S/C26H30ClN5S/c1-17-13-18(2)16-31(15-17)22-10-9-19(14-20(22)27)32-25(23-8-6-12-30(23)3)24(29-26(32)33)21-7-4-5-11-28-21/h4-12,14,17-18,24-25H,13,15-16H2,1-3H3,(H,29,33)/t17-,18-,24+,25+/m1/s1. The molecule has 2 aliphatic rings. The number of hydrogen-bond donors (Lipinski definition) is 1. The molecule has 0 unspecified atom stereocenters. The van der Waals surface area contributed by atoms with E-state index in [1.54, 1.807) is 0 Å². The molecule has 0 saturated carbocycles. The lowest BCUT2D eigenvalue weighted by Crippen LogP contribution is -2.38. The Balaban J connectivity index is 1.52. The van der Waals surface area contributed by atoms with E-state index < -0.39 is 0 Å². The number of thiocarbonyl (C=S) groups is 1. The van der Waals surface area contributed by atoms with Crippen LogP contribution in [0.15, 0.2) is 60.9 Å². The highest BCUT2D eigenvalue weighted by atomic mass is 35.5. The Morgan fingerprint density at radius 3 is 2.48 bits per heavy atom. The van der Waals surface area contributed by atoms with Gasteiger partial charge in [0.05, 0.1) is 22.4 Å². The van der Waals surface area contributed by atoms with Crippen LogP contribution in [0.5, 0.6) is 0 Å². The van der Waals surface area contributed by atoms with Crippen molar-refractivity contribution in [3.8, 4) is 0 Å². The van der Waals surface area contributed by atoms with Crippen LogP contribution < -0.4 is 15.1 Å². The first kappa shape index (κ1) is 22.2. The van der Waals surface area contributed by atoms with Gasteiger partial charge in [-0.15, -0.1) is 0 Å². The number of nitrogens with one attached hydrogen (secondary N) is 1. The first-order chi connectivity index (χ1) is 15.9. The lowest BCUT2D eigenvalue weighted by molar-refractivity contribution is 0.357. The SMILES string of the molecule is C[C@@H]1C[C@@H](C)CN(c2ccc(N3C(=S)N[C@@H](c4ccccn4)[C@@H]3c3cccn3C)cc2Cl)C1. The van der Waals surface area contributed by atoms with Gasteiger partial charge >= 0.3 is 0 Å². The van der Waals surface area contributed by atoms with Gasteiger partial charge in [-0.3, -0.25) is 4.98 Å². The van der Waals surface area contributed by atoms with Crippen LogP contribution in [0, 0.1) is 11.8 Å². The van der Waals surface area contributed by atoms with E-state index in [-0.39, 0.29) is 12.1 Å². The second-order valence-electron chi connectivity index (χ2n) is 9.53. The molecular weight excluding hydrogens is 450 g/mol. The highest BCUT2D eigenvalue weighted by Crippen LogP contribution is 2.43. The zero-order chi connectivity index (χ0) is 23.1. The molecular formula is C26H30ClN5S. The predicted octanol–water partition coefficient (Wildman–Crippen LogP) is 5.73. The Morgan fingerprint density at radius 2 is 1.85 bits per heavy atom. The molecule has 5 nitrogen and oxygen atoms in total. The van der Waals surface area contributed by atoms with E-state index in [9.17, 15) is 0 Å². The van der Waals surface area contributed by atoms with E-state index in [1.165, 1.54) is 6.42 Å². The van der Waals surface area contributed by atoms with Gasteiger partial charge < -0.3 is 19.7 Å². The molecule has 0 aliphatic carbocycles. The highest BCUT2D eigenvalue weighted by Gasteiger charge is 2.42. The minimum atomic E-state index is -0.0606. The van der Waals surface area contributed by atoms with Crippen molar-refractivity contribution in [2.75, 3.05) is 22.9 Å². The fourth-order valence-electron chi connectivity index (χ4n) is 5.48. The lowest BCUT2D eigenvalue weighted by atomic mass is 9.91. The number of piperidine rings is 1. The molecule has 2 aliphatic heterocycles. The highest BCUT2D eigenvalue weighted by molar-refractivity contribution is 7.80. The van der Waals surface area contributed by atoms with Gasteiger partial charge in [0.15, 0.2) is 5.11 Å². The zero-order valence-electron chi connectivity index (χ0n) is 19.3. The van der Waals surface area contributed by atoms with Crippen LogP contribution in [0.1, 0.15) is 43.7 Å². The Bertz CT molecular complexity index is 1140. The van der Waals surface area contributed by atoms with Gasteiger partial charge in [0.1, 0.15) is 6.04 Å². The average molecular weight is 480 g/mol. The molecule has 2 saturated heterocycles. The van der Waals surface area contributed by atoms with E-state index in [0.29, 0.717) is 16.9 Å². The normalized spacial score (nSPS) is 25.4. The Kier molecular flexibility index (Phi) is 6.06. The minimum Gasteiger partial charge on any atom is -0.370 e. The van der Waals surface area contributed by atoms with Crippen molar-refractivity contribution in [3.05, 3.63) is 77.3 Å². The molecule has 7 heteroatoms.